The van der Waals surface area contributed by atoms with Gasteiger partial charge in [-0.25, -0.2) is 15.0 Å². The lowest BCUT2D eigenvalue weighted by molar-refractivity contribution is 0.672. The molecule has 69 heavy (non-hydrogen) atoms. The van der Waals surface area contributed by atoms with Crippen LogP contribution in [0.2, 0.25) is 0 Å². The molecule has 0 spiro atoms. The van der Waals surface area contributed by atoms with Gasteiger partial charge >= 0.3 is 0 Å². The number of hydrogen-bond acceptors (Lipinski definition) is 4. The van der Waals surface area contributed by atoms with Crippen LogP contribution in [0.15, 0.2) is 229 Å². The summed E-state index contributed by atoms with van der Waals surface area (Å²) in [7, 11) is 0. The molecule has 0 radical (unpaired) electrons. The molecule has 0 aliphatic rings. The molecule has 15 aromatic rings. The molecule has 0 aliphatic carbocycles. The molecule has 0 unspecified atom stereocenters. The average molecular weight is 880 g/mol. The van der Waals surface area contributed by atoms with Crippen molar-refractivity contribution in [1.82, 2.24) is 24.1 Å². The highest BCUT2D eigenvalue weighted by Crippen LogP contribution is 2.44. The second kappa shape index (κ2) is 14.6. The highest BCUT2D eigenvalue weighted by molar-refractivity contribution is 6.24. The summed E-state index contributed by atoms with van der Waals surface area (Å²) >= 11 is 0. The molecule has 0 saturated carbocycles. The molecule has 0 amide bonds. The fourth-order valence-corrected chi connectivity index (χ4v) is 11.0. The third-order valence-corrected chi connectivity index (χ3v) is 14.1. The number of hydrogen-bond donors (Lipinski definition) is 0. The van der Waals surface area contributed by atoms with Gasteiger partial charge in [-0.1, -0.05) is 170 Å². The highest BCUT2D eigenvalue weighted by Gasteiger charge is 2.23. The minimum atomic E-state index is 0.569. The van der Waals surface area contributed by atoms with E-state index in [1.165, 1.54) is 43.4 Å². The molecule has 11 aromatic carbocycles. The molecule has 4 heterocycles. The Labute approximate surface area is 394 Å². The lowest BCUT2D eigenvalue weighted by Crippen LogP contribution is -2.00. The van der Waals surface area contributed by atoms with Crippen LogP contribution < -0.4 is 0 Å². The van der Waals surface area contributed by atoms with E-state index in [0.29, 0.717) is 17.5 Å². The monoisotopic (exact) mass is 879 g/mol. The van der Waals surface area contributed by atoms with Crippen molar-refractivity contribution in [2.75, 3.05) is 0 Å². The van der Waals surface area contributed by atoms with E-state index in [9.17, 15) is 0 Å². The summed E-state index contributed by atoms with van der Waals surface area (Å²) in [6, 6.07) is 79.7. The Kier molecular flexibility index (Phi) is 7.97. The lowest BCUT2D eigenvalue weighted by Gasteiger charge is -2.14. The van der Waals surface area contributed by atoms with Gasteiger partial charge in [0.05, 0.1) is 27.8 Å². The predicted octanol–water partition coefficient (Wildman–Crippen LogP) is 16.4. The van der Waals surface area contributed by atoms with Crippen molar-refractivity contribution in [1.29, 1.82) is 0 Å². The number of fused-ring (bicyclic) bond motifs is 14. The summed E-state index contributed by atoms with van der Waals surface area (Å²) in [5, 5.41) is 13.8. The van der Waals surface area contributed by atoms with Crippen molar-refractivity contribution < 1.29 is 4.42 Å². The summed E-state index contributed by atoms with van der Waals surface area (Å²) in [6.07, 6.45) is 0. The van der Waals surface area contributed by atoms with Crippen molar-refractivity contribution in [2.24, 2.45) is 0 Å². The van der Waals surface area contributed by atoms with E-state index in [1.54, 1.807) is 0 Å². The molecule has 15 rings (SSSR count). The number of furan rings is 1. The highest BCUT2D eigenvalue weighted by atomic mass is 16.3. The van der Waals surface area contributed by atoms with Crippen molar-refractivity contribution in [3.8, 4) is 45.5 Å². The fraction of sp³-hybridized carbons (Fsp3) is 0. The van der Waals surface area contributed by atoms with Crippen LogP contribution in [0.25, 0.3) is 143 Å². The van der Waals surface area contributed by atoms with Gasteiger partial charge < -0.3 is 13.6 Å². The third-order valence-electron chi connectivity index (χ3n) is 14.1. The van der Waals surface area contributed by atoms with Gasteiger partial charge in [-0.05, 0) is 70.8 Å². The zero-order valence-corrected chi connectivity index (χ0v) is 37.0. The molecule has 0 saturated heterocycles. The zero-order valence-electron chi connectivity index (χ0n) is 37.0. The smallest absolute Gasteiger partial charge is 0.164 e. The van der Waals surface area contributed by atoms with E-state index >= 15 is 0 Å². The van der Waals surface area contributed by atoms with Crippen LogP contribution >= 0.6 is 0 Å². The van der Waals surface area contributed by atoms with Crippen LogP contribution in [-0.4, -0.2) is 24.1 Å². The topological polar surface area (TPSA) is 61.7 Å². The van der Waals surface area contributed by atoms with Crippen LogP contribution in [0.4, 0.5) is 0 Å². The number of para-hydroxylation sites is 2. The fourth-order valence-electron chi connectivity index (χ4n) is 11.0. The van der Waals surface area contributed by atoms with Crippen LogP contribution in [0.5, 0.6) is 0 Å². The molecule has 0 atom stereocenters. The summed E-state index contributed by atoms with van der Waals surface area (Å²) in [5.74, 6) is 1.78. The molecular weight excluding hydrogens is 843 g/mol. The molecule has 6 nitrogen and oxygen atoms in total. The Morgan fingerprint density at radius 3 is 1.80 bits per heavy atom. The van der Waals surface area contributed by atoms with Gasteiger partial charge in [0.25, 0.3) is 0 Å². The van der Waals surface area contributed by atoms with Gasteiger partial charge in [0.1, 0.15) is 11.2 Å². The Balaban J connectivity index is 0.961. The molecule has 0 fully saturated rings. The van der Waals surface area contributed by atoms with Gasteiger partial charge in [-0.3, -0.25) is 0 Å². The van der Waals surface area contributed by atoms with E-state index in [2.05, 4.69) is 215 Å². The van der Waals surface area contributed by atoms with Crippen LogP contribution in [0.1, 0.15) is 0 Å². The lowest BCUT2D eigenvalue weighted by atomic mass is 10.0. The Bertz CT molecular complexity index is 4600. The van der Waals surface area contributed by atoms with Crippen LogP contribution in [-0.2, 0) is 0 Å². The molecule has 0 N–H and O–H groups in total. The van der Waals surface area contributed by atoms with Crippen molar-refractivity contribution in [3.05, 3.63) is 224 Å². The van der Waals surface area contributed by atoms with E-state index in [1.807, 2.05) is 18.2 Å². The maximum Gasteiger partial charge on any atom is 0.164 e. The number of aromatic nitrogens is 5. The van der Waals surface area contributed by atoms with Crippen molar-refractivity contribution in [2.45, 2.75) is 0 Å². The Hall–Kier alpha value is -9.39. The van der Waals surface area contributed by atoms with Crippen molar-refractivity contribution in [3.63, 3.8) is 0 Å². The molecule has 0 bridgehead atoms. The summed E-state index contributed by atoms with van der Waals surface area (Å²) < 4.78 is 11.8. The maximum atomic E-state index is 7.00. The van der Waals surface area contributed by atoms with Crippen LogP contribution in [0.3, 0.4) is 0 Å². The van der Waals surface area contributed by atoms with Crippen LogP contribution in [0, 0.1) is 0 Å². The first-order valence-electron chi connectivity index (χ1n) is 23.3. The second-order valence-corrected chi connectivity index (χ2v) is 17.9. The molecule has 320 valence electrons. The van der Waals surface area contributed by atoms with Crippen molar-refractivity contribution >= 4 is 97.9 Å². The van der Waals surface area contributed by atoms with Gasteiger partial charge in [-0.2, -0.15) is 0 Å². The number of rotatable bonds is 5. The molecular formula is C63H37N5O. The van der Waals surface area contributed by atoms with E-state index in [0.717, 1.165) is 82.6 Å². The number of benzene rings is 11. The maximum absolute atomic E-state index is 7.00. The average Bonchev–Trinajstić information content (AvgIpc) is 4.08. The summed E-state index contributed by atoms with van der Waals surface area (Å²) in [4.78, 5) is 15.7. The van der Waals surface area contributed by atoms with Gasteiger partial charge in [0.2, 0.25) is 0 Å². The minimum absolute atomic E-state index is 0.569. The Morgan fingerprint density at radius 2 is 0.971 bits per heavy atom. The first-order chi connectivity index (χ1) is 34.2. The molecule has 4 aromatic heterocycles. The standard InChI is InChI=1S/C63H37N5O/c1-3-17-39(18-4-1)61-64-62(66-63(65-61)50-27-15-29-54-58(50)49-26-13-14-28-53(49)67(54)43-21-5-2-6-22-43)42-31-32-46-52-37-56(45-24-11-12-25-48(45)60(52)69-57(46)36-42)68-55-35-41-20-8-7-19-40(41)34-51(55)47-33-30-38-16-9-10-23-44(38)59(47)68/h1-37H. The molecule has 0 aliphatic heterocycles. The van der Waals surface area contributed by atoms with Gasteiger partial charge in [0, 0.05) is 70.9 Å². The van der Waals surface area contributed by atoms with E-state index in [4.69, 9.17) is 19.4 Å². The SMILES string of the molecule is c1ccc(-c2nc(-c3ccc4c(c3)oc3c5ccccc5c(-n5c6cc7ccccc7cc6c6ccc7ccccc7c65)cc43)nc(-c3cccc4c3c3ccccc3n4-c3ccccc3)n2)cc1. The summed E-state index contributed by atoms with van der Waals surface area (Å²) in [6.45, 7) is 0. The van der Waals surface area contributed by atoms with E-state index in [-0.39, 0.29) is 0 Å². The third kappa shape index (κ3) is 5.63. The second-order valence-electron chi connectivity index (χ2n) is 17.9. The predicted molar refractivity (Wildman–Crippen MR) is 285 cm³/mol. The Morgan fingerprint density at radius 1 is 0.333 bits per heavy atom. The zero-order chi connectivity index (χ0) is 45.2. The molecule has 6 heteroatoms. The first kappa shape index (κ1) is 37.8. The first-order valence-corrected chi connectivity index (χ1v) is 23.3. The minimum Gasteiger partial charge on any atom is -0.455 e. The van der Waals surface area contributed by atoms with Gasteiger partial charge in [0.15, 0.2) is 17.5 Å². The normalized spacial score (nSPS) is 12.1. The largest absolute Gasteiger partial charge is 0.455 e. The van der Waals surface area contributed by atoms with Gasteiger partial charge in [-0.15, -0.1) is 0 Å². The summed E-state index contributed by atoms with van der Waals surface area (Å²) in [5.41, 5.74) is 11.1. The number of nitrogens with zero attached hydrogens (tertiary/aromatic N) is 5. The quantitative estimate of drug-likeness (QED) is 0.173. The van der Waals surface area contributed by atoms with E-state index < -0.39 is 0 Å².